The summed E-state index contributed by atoms with van der Waals surface area (Å²) in [5.74, 6) is 7.38. The van der Waals surface area contributed by atoms with Crippen LogP contribution in [0.3, 0.4) is 0 Å². The number of halogens is 1. The average Bonchev–Trinajstić information content (AvgIpc) is 2.85. The number of rotatable bonds is 14. The molecule has 2 rings (SSSR count). The molecule has 35 heavy (non-hydrogen) atoms. The maximum absolute atomic E-state index is 10.3. The highest BCUT2D eigenvalue weighted by Gasteiger charge is 2.24. The van der Waals surface area contributed by atoms with E-state index in [2.05, 4.69) is 25.2 Å². The van der Waals surface area contributed by atoms with Gasteiger partial charge in [0.05, 0.1) is 24.7 Å². The zero-order valence-corrected chi connectivity index (χ0v) is 21.6. The lowest BCUT2D eigenvalue weighted by atomic mass is 9.77. The van der Waals surface area contributed by atoms with Crippen LogP contribution >= 0.6 is 11.6 Å². The van der Waals surface area contributed by atoms with Crippen LogP contribution < -0.4 is 20.6 Å². The molecule has 0 spiro atoms. The van der Waals surface area contributed by atoms with Crippen LogP contribution in [0.25, 0.3) is 0 Å². The minimum atomic E-state index is -0.836. The van der Waals surface area contributed by atoms with E-state index in [0.717, 1.165) is 22.4 Å². The quantitative estimate of drug-likeness (QED) is 0.150. The first-order valence-corrected chi connectivity index (χ1v) is 12.0. The molecule has 2 aromatic rings. The van der Waals surface area contributed by atoms with E-state index in [9.17, 15) is 15.3 Å². The number of hydrazine groups is 1. The van der Waals surface area contributed by atoms with Crippen LogP contribution in [-0.4, -0.2) is 71.8 Å². The van der Waals surface area contributed by atoms with Gasteiger partial charge in [0.1, 0.15) is 36.9 Å². The largest absolute Gasteiger partial charge is 0.491 e. The number of ether oxygens (including phenoxy) is 2. The topological polar surface area (TPSA) is 120 Å². The maximum atomic E-state index is 10.3. The fourth-order valence-corrected chi connectivity index (χ4v) is 3.63. The van der Waals surface area contributed by atoms with Crippen LogP contribution in [0, 0.1) is 6.92 Å². The molecule has 0 heterocycles. The first-order chi connectivity index (χ1) is 16.6. The number of hydrogen-bond acceptors (Lipinski definition) is 8. The molecule has 0 fully saturated rings. The van der Waals surface area contributed by atoms with Crippen molar-refractivity contribution in [3.63, 3.8) is 0 Å². The molecule has 0 saturated carbocycles. The lowest BCUT2D eigenvalue weighted by molar-refractivity contribution is 0.0744. The molecule has 0 unspecified atom stereocenters. The number of benzene rings is 2. The molecule has 0 bridgehead atoms. The van der Waals surface area contributed by atoms with Crippen molar-refractivity contribution in [3.8, 4) is 11.5 Å². The zero-order valence-electron chi connectivity index (χ0n) is 20.9. The Morgan fingerprint density at radius 2 is 1.71 bits per heavy atom. The highest BCUT2D eigenvalue weighted by molar-refractivity contribution is 6.18. The molecule has 0 radical (unpaired) electrons. The van der Waals surface area contributed by atoms with Gasteiger partial charge in [0.2, 0.25) is 0 Å². The fraction of sp³-hybridized carbons (Fsp3) is 0.462. The lowest BCUT2D eigenvalue weighted by Gasteiger charge is -2.27. The van der Waals surface area contributed by atoms with E-state index in [-0.39, 0.29) is 37.7 Å². The zero-order chi connectivity index (χ0) is 26.0. The first-order valence-electron chi connectivity index (χ1n) is 11.5. The van der Waals surface area contributed by atoms with Gasteiger partial charge in [-0.2, -0.15) is 0 Å². The van der Waals surface area contributed by atoms with Gasteiger partial charge in [-0.15, -0.1) is 11.6 Å². The van der Waals surface area contributed by atoms with Crippen LogP contribution in [0.4, 0.5) is 0 Å². The van der Waals surface area contributed by atoms with Crippen LogP contribution in [0.2, 0.25) is 0 Å². The molecule has 194 valence electrons. The molecular weight excluding hydrogens is 470 g/mol. The normalized spacial score (nSPS) is 13.8. The van der Waals surface area contributed by atoms with Gasteiger partial charge >= 0.3 is 0 Å². The van der Waals surface area contributed by atoms with Crippen LogP contribution in [-0.2, 0) is 5.41 Å². The molecule has 8 nitrogen and oxygen atoms in total. The average molecular weight is 508 g/mol. The Balaban J connectivity index is 2.00. The third-order valence-electron chi connectivity index (χ3n) is 5.77. The van der Waals surface area contributed by atoms with E-state index < -0.39 is 12.2 Å². The molecule has 0 aromatic heterocycles. The van der Waals surface area contributed by atoms with Crippen molar-refractivity contribution in [1.82, 2.24) is 10.3 Å². The Hall–Kier alpha value is -2.49. The number of nitrogens with one attached hydrogen (secondary N) is 1. The van der Waals surface area contributed by atoms with Gasteiger partial charge in [-0.25, -0.2) is 5.84 Å². The minimum Gasteiger partial charge on any atom is -0.491 e. The minimum absolute atomic E-state index is 0.0633. The first kappa shape index (κ1) is 28.7. The van der Waals surface area contributed by atoms with E-state index >= 15 is 0 Å². The van der Waals surface area contributed by atoms with Gasteiger partial charge in [-0.1, -0.05) is 38.1 Å². The second-order valence-electron chi connectivity index (χ2n) is 8.95. The van der Waals surface area contributed by atoms with Crippen molar-refractivity contribution in [3.05, 3.63) is 71.1 Å². The van der Waals surface area contributed by atoms with Crippen molar-refractivity contribution in [2.75, 3.05) is 39.3 Å². The van der Waals surface area contributed by atoms with Gasteiger partial charge in [0.15, 0.2) is 0 Å². The van der Waals surface area contributed by atoms with Crippen LogP contribution in [0.1, 0.15) is 30.5 Å². The highest BCUT2D eigenvalue weighted by Crippen LogP contribution is 2.34. The molecule has 0 aliphatic rings. The Bertz CT molecular complexity index is 953. The number of aliphatic hydroxyl groups is 3. The number of nitrogens with two attached hydrogens (primary N) is 1. The second kappa shape index (κ2) is 13.6. The van der Waals surface area contributed by atoms with E-state index in [1.165, 1.54) is 5.01 Å². The standard InChI is InChI=1S/C26H38ClN3O5/c1-18-11-20(7-10-25(18)35-16-22(32)12-27)26(2,3)19-5-8-24(9-6-19)34-17-23(33)14-30(28)21(15-31)13-29-4/h5-11,13,22-23,29,31-33H,12,14-17,28H2,1-4H3/b21-13-/t22-,23+/m0/s1. The Labute approximate surface area is 212 Å². The third-order valence-corrected chi connectivity index (χ3v) is 6.13. The molecule has 2 atom stereocenters. The van der Waals surface area contributed by atoms with E-state index in [0.29, 0.717) is 11.4 Å². The predicted octanol–water partition coefficient (Wildman–Crippen LogP) is 2.27. The summed E-state index contributed by atoms with van der Waals surface area (Å²) in [6.45, 7) is 6.36. The number of aliphatic hydroxyl groups excluding tert-OH is 3. The number of alkyl halides is 1. The molecule has 6 N–H and O–H groups in total. The smallest absolute Gasteiger partial charge is 0.122 e. The Kier molecular flexibility index (Phi) is 11.1. The molecule has 0 amide bonds. The van der Waals surface area contributed by atoms with E-state index in [1.54, 1.807) is 13.2 Å². The molecular formula is C26H38ClN3O5. The monoisotopic (exact) mass is 507 g/mol. The summed E-state index contributed by atoms with van der Waals surface area (Å²) in [5.41, 5.74) is 3.41. The Morgan fingerprint density at radius 3 is 2.29 bits per heavy atom. The highest BCUT2D eigenvalue weighted by atomic mass is 35.5. The van der Waals surface area contributed by atoms with Crippen molar-refractivity contribution in [2.45, 2.75) is 38.4 Å². The fourth-order valence-electron chi connectivity index (χ4n) is 3.54. The summed E-state index contributed by atoms with van der Waals surface area (Å²) in [6.07, 6.45) is 0.0379. The molecule has 9 heteroatoms. The maximum Gasteiger partial charge on any atom is 0.122 e. The van der Waals surface area contributed by atoms with Gasteiger partial charge in [-0.05, 0) is 41.8 Å². The van der Waals surface area contributed by atoms with Gasteiger partial charge in [0.25, 0.3) is 0 Å². The summed E-state index contributed by atoms with van der Waals surface area (Å²) in [6, 6.07) is 13.8. The molecule has 0 saturated heterocycles. The van der Waals surface area contributed by atoms with E-state index in [4.69, 9.17) is 26.9 Å². The number of aryl methyl sites for hydroxylation is 1. The number of nitrogens with zero attached hydrogens (tertiary/aromatic N) is 1. The van der Waals surface area contributed by atoms with Crippen molar-refractivity contribution >= 4 is 11.6 Å². The summed E-state index contributed by atoms with van der Waals surface area (Å²) >= 11 is 5.63. The van der Waals surface area contributed by atoms with Crippen molar-refractivity contribution < 1.29 is 24.8 Å². The molecule has 0 aliphatic carbocycles. The van der Waals surface area contributed by atoms with Gasteiger partial charge in [0, 0.05) is 18.7 Å². The predicted molar refractivity (Wildman–Crippen MR) is 139 cm³/mol. The SMILES string of the molecule is CN/C=C(/CO)N(N)C[C@@H](O)COc1ccc(C(C)(C)c2ccc(OC[C@@H](O)CCl)c(C)c2)cc1. The summed E-state index contributed by atoms with van der Waals surface area (Å²) in [7, 11) is 1.70. The van der Waals surface area contributed by atoms with E-state index in [1.807, 2.05) is 43.3 Å². The van der Waals surface area contributed by atoms with Crippen LogP contribution in [0.5, 0.6) is 11.5 Å². The summed E-state index contributed by atoms with van der Waals surface area (Å²) < 4.78 is 11.4. The number of hydrogen-bond donors (Lipinski definition) is 5. The lowest BCUT2D eigenvalue weighted by Crippen LogP contribution is -2.41. The molecule has 0 aliphatic heterocycles. The van der Waals surface area contributed by atoms with Gasteiger partial charge < -0.3 is 35.1 Å². The van der Waals surface area contributed by atoms with Crippen molar-refractivity contribution in [1.29, 1.82) is 0 Å². The van der Waals surface area contributed by atoms with Crippen LogP contribution in [0.15, 0.2) is 54.4 Å². The summed E-state index contributed by atoms with van der Waals surface area (Å²) in [5, 5.41) is 33.3. The van der Waals surface area contributed by atoms with Crippen molar-refractivity contribution in [2.24, 2.45) is 5.84 Å². The Morgan fingerprint density at radius 1 is 1.09 bits per heavy atom. The molecule has 2 aromatic carbocycles. The third kappa shape index (κ3) is 8.30. The second-order valence-corrected chi connectivity index (χ2v) is 9.26. The van der Waals surface area contributed by atoms with Gasteiger partial charge in [-0.3, -0.25) is 0 Å². The summed E-state index contributed by atoms with van der Waals surface area (Å²) in [4.78, 5) is 0.